The Labute approximate surface area is 197 Å². The van der Waals surface area contributed by atoms with Crippen molar-refractivity contribution in [3.63, 3.8) is 0 Å². The van der Waals surface area contributed by atoms with E-state index < -0.39 is 24.0 Å². The normalized spacial score (nSPS) is 12.9. The summed E-state index contributed by atoms with van der Waals surface area (Å²) in [6.45, 7) is 0.0954. The highest BCUT2D eigenvalue weighted by Gasteiger charge is 2.30. The summed E-state index contributed by atoms with van der Waals surface area (Å²) in [4.78, 5) is 42.1. The minimum absolute atomic E-state index is 0.0665. The van der Waals surface area contributed by atoms with E-state index in [-0.39, 0.29) is 25.4 Å². The zero-order chi connectivity index (χ0) is 24.1. The number of aliphatic carboxylic acids is 1. The Bertz CT molecular complexity index is 1150. The maximum atomic E-state index is 13.0. The van der Waals surface area contributed by atoms with Crippen LogP contribution in [-0.2, 0) is 14.3 Å². The first kappa shape index (κ1) is 23.0. The fourth-order valence-corrected chi connectivity index (χ4v) is 4.22. The van der Waals surface area contributed by atoms with Crippen molar-refractivity contribution in [2.75, 3.05) is 18.6 Å². The summed E-state index contributed by atoms with van der Waals surface area (Å²) in [6, 6.07) is 18.3. The van der Waals surface area contributed by atoms with Gasteiger partial charge in [-0.1, -0.05) is 48.5 Å². The average Bonchev–Trinajstić information content (AvgIpc) is 3.18. The van der Waals surface area contributed by atoms with Crippen molar-refractivity contribution in [3.05, 3.63) is 84.2 Å². The third-order valence-corrected chi connectivity index (χ3v) is 5.94. The molecule has 0 bridgehead atoms. The van der Waals surface area contributed by atoms with Gasteiger partial charge < -0.3 is 20.1 Å². The van der Waals surface area contributed by atoms with Gasteiger partial charge in [-0.05, 0) is 40.8 Å². The van der Waals surface area contributed by atoms with Gasteiger partial charge in [-0.15, -0.1) is 0 Å². The molecule has 34 heavy (non-hydrogen) atoms. The highest BCUT2D eigenvalue weighted by molar-refractivity contribution is 5.98. The van der Waals surface area contributed by atoms with Crippen molar-refractivity contribution in [2.45, 2.75) is 24.8 Å². The molecule has 1 aromatic heterocycles. The van der Waals surface area contributed by atoms with Gasteiger partial charge in [0.2, 0.25) is 5.91 Å². The molecule has 3 aromatic rings. The highest BCUT2D eigenvalue weighted by Crippen LogP contribution is 2.44. The number of hydrogen-bond acceptors (Lipinski definition) is 5. The van der Waals surface area contributed by atoms with Crippen molar-refractivity contribution < 1.29 is 24.2 Å². The molecule has 0 aliphatic heterocycles. The zero-order valence-electron chi connectivity index (χ0n) is 18.7. The van der Waals surface area contributed by atoms with Crippen LogP contribution in [0.25, 0.3) is 11.1 Å². The van der Waals surface area contributed by atoms with Crippen LogP contribution in [0.4, 0.5) is 10.5 Å². The van der Waals surface area contributed by atoms with E-state index in [1.54, 1.807) is 25.4 Å². The highest BCUT2D eigenvalue weighted by atomic mass is 16.5. The molecule has 0 saturated heterocycles. The van der Waals surface area contributed by atoms with Crippen molar-refractivity contribution in [2.24, 2.45) is 0 Å². The predicted molar refractivity (Wildman–Crippen MR) is 127 cm³/mol. The number of carboxylic acids is 1. The monoisotopic (exact) mass is 459 g/mol. The largest absolute Gasteiger partial charge is 0.481 e. The van der Waals surface area contributed by atoms with E-state index in [0.29, 0.717) is 5.69 Å². The lowest BCUT2D eigenvalue weighted by atomic mass is 9.98. The molecule has 2 amide bonds. The number of rotatable bonds is 8. The fourth-order valence-electron chi connectivity index (χ4n) is 4.22. The van der Waals surface area contributed by atoms with Gasteiger partial charge in [0.15, 0.2) is 0 Å². The standard InChI is InChI=1S/C26H25N3O5/c1-29(17-7-6-14-27-15-17)25(32)23(12-13-24(30)31)28-26(33)34-16-22-20-10-4-2-8-18(20)19-9-3-5-11-21(19)22/h2-11,14-15,22-23H,12-13,16H2,1H3,(H,28,33)(H,30,31). The van der Waals surface area contributed by atoms with Gasteiger partial charge in [-0.2, -0.15) is 0 Å². The van der Waals surface area contributed by atoms with Gasteiger partial charge in [0.1, 0.15) is 12.6 Å². The van der Waals surface area contributed by atoms with Crippen molar-refractivity contribution in [3.8, 4) is 11.1 Å². The molecule has 8 nitrogen and oxygen atoms in total. The fraction of sp³-hybridized carbons (Fsp3) is 0.231. The van der Waals surface area contributed by atoms with Gasteiger partial charge in [0.25, 0.3) is 0 Å². The lowest BCUT2D eigenvalue weighted by molar-refractivity contribution is -0.137. The molecule has 1 aliphatic carbocycles. The molecule has 8 heteroatoms. The molecule has 0 fully saturated rings. The number of carboxylic acid groups (broad SMARTS) is 1. The number of hydrogen-bond donors (Lipinski definition) is 2. The van der Waals surface area contributed by atoms with Crippen LogP contribution in [0.2, 0.25) is 0 Å². The summed E-state index contributed by atoms with van der Waals surface area (Å²) in [5.74, 6) is -1.64. The Morgan fingerprint density at radius 2 is 1.68 bits per heavy atom. The summed E-state index contributed by atoms with van der Waals surface area (Å²) < 4.78 is 5.53. The van der Waals surface area contributed by atoms with E-state index >= 15 is 0 Å². The number of pyridine rings is 1. The molecular weight excluding hydrogens is 434 g/mol. The third kappa shape index (κ3) is 4.91. The van der Waals surface area contributed by atoms with E-state index in [2.05, 4.69) is 10.3 Å². The van der Waals surface area contributed by atoms with Gasteiger partial charge in [-0.3, -0.25) is 14.6 Å². The molecule has 2 N–H and O–H groups in total. The molecule has 1 atom stereocenters. The maximum absolute atomic E-state index is 13.0. The number of nitrogens with one attached hydrogen (secondary N) is 1. The molecule has 4 rings (SSSR count). The van der Waals surface area contributed by atoms with Crippen molar-refractivity contribution >= 4 is 23.7 Å². The van der Waals surface area contributed by atoms with E-state index in [1.165, 1.54) is 11.1 Å². The first-order valence-electron chi connectivity index (χ1n) is 11.0. The van der Waals surface area contributed by atoms with Gasteiger partial charge in [0.05, 0.1) is 11.9 Å². The van der Waals surface area contributed by atoms with Crippen LogP contribution in [0.1, 0.15) is 29.9 Å². The Balaban J connectivity index is 1.45. The number of amides is 2. The van der Waals surface area contributed by atoms with Crippen LogP contribution in [0.5, 0.6) is 0 Å². The van der Waals surface area contributed by atoms with Crippen molar-refractivity contribution in [1.82, 2.24) is 10.3 Å². The van der Waals surface area contributed by atoms with Crippen LogP contribution in [-0.4, -0.2) is 47.8 Å². The number of aromatic nitrogens is 1. The molecular formula is C26H25N3O5. The summed E-state index contributed by atoms with van der Waals surface area (Å²) in [6.07, 6.45) is 1.98. The molecule has 2 aromatic carbocycles. The Morgan fingerprint density at radius 1 is 1.03 bits per heavy atom. The number of benzene rings is 2. The molecule has 1 unspecified atom stereocenters. The number of ether oxygens (including phenoxy) is 1. The lowest BCUT2D eigenvalue weighted by Crippen LogP contribution is -2.48. The number of carbonyl (C=O) groups is 3. The third-order valence-electron chi connectivity index (χ3n) is 5.94. The van der Waals surface area contributed by atoms with Crippen molar-refractivity contribution in [1.29, 1.82) is 0 Å². The second-order valence-corrected chi connectivity index (χ2v) is 8.06. The van der Waals surface area contributed by atoms with Gasteiger partial charge in [-0.25, -0.2) is 4.79 Å². The summed E-state index contributed by atoms with van der Waals surface area (Å²) in [5, 5.41) is 11.6. The summed E-state index contributed by atoms with van der Waals surface area (Å²) in [5.41, 5.74) is 4.90. The maximum Gasteiger partial charge on any atom is 0.407 e. The van der Waals surface area contributed by atoms with Crippen LogP contribution in [0.15, 0.2) is 73.1 Å². The number of fused-ring (bicyclic) bond motifs is 3. The number of nitrogens with zero attached hydrogens (tertiary/aromatic N) is 2. The minimum Gasteiger partial charge on any atom is -0.481 e. The second-order valence-electron chi connectivity index (χ2n) is 8.06. The van der Waals surface area contributed by atoms with E-state index in [4.69, 9.17) is 9.84 Å². The quantitative estimate of drug-likeness (QED) is 0.530. The first-order valence-corrected chi connectivity index (χ1v) is 11.0. The topological polar surface area (TPSA) is 109 Å². The minimum atomic E-state index is -1.06. The summed E-state index contributed by atoms with van der Waals surface area (Å²) >= 11 is 0. The van der Waals surface area contributed by atoms with Gasteiger partial charge >= 0.3 is 12.1 Å². The summed E-state index contributed by atoms with van der Waals surface area (Å²) in [7, 11) is 1.55. The molecule has 1 heterocycles. The Hall–Kier alpha value is -4.20. The number of likely N-dealkylation sites (N-methyl/N-ethyl adjacent to an activating group) is 1. The molecule has 0 spiro atoms. The van der Waals surface area contributed by atoms with E-state index in [0.717, 1.165) is 22.3 Å². The van der Waals surface area contributed by atoms with Crippen LogP contribution >= 0.6 is 0 Å². The molecule has 1 aliphatic rings. The van der Waals surface area contributed by atoms with Gasteiger partial charge in [0, 0.05) is 25.6 Å². The first-order chi connectivity index (χ1) is 16.5. The van der Waals surface area contributed by atoms with Crippen LogP contribution in [0, 0.1) is 0 Å². The number of anilines is 1. The smallest absolute Gasteiger partial charge is 0.407 e. The zero-order valence-corrected chi connectivity index (χ0v) is 18.7. The van der Waals surface area contributed by atoms with E-state index in [9.17, 15) is 14.4 Å². The second kappa shape index (κ2) is 10.2. The molecule has 0 saturated carbocycles. The number of carbonyl (C=O) groups excluding carboxylic acids is 2. The Kier molecular flexibility index (Phi) is 6.87. The van der Waals surface area contributed by atoms with Crippen LogP contribution < -0.4 is 10.2 Å². The lowest BCUT2D eigenvalue weighted by Gasteiger charge is -2.24. The SMILES string of the molecule is CN(C(=O)C(CCC(=O)O)NC(=O)OCC1c2ccccc2-c2ccccc21)c1cccnc1. The predicted octanol–water partition coefficient (Wildman–Crippen LogP) is 3.82. The molecule has 174 valence electrons. The molecule has 0 radical (unpaired) electrons. The van der Waals surface area contributed by atoms with E-state index in [1.807, 2.05) is 48.5 Å². The van der Waals surface area contributed by atoms with Crippen LogP contribution in [0.3, 0.4) is 0 Å². The number of alkyl carbamates (subject to hydrolysis) is 1. The average molecular weight is 460 g/mol. The Morgan fingerprint density at radius 3 is 2.26 bits per heavy atom.